The lowest BCUT2D eigenvalue weighted by Crippen LogP contribution is -2.23. The lowest BCUT2D eigenvalue weighted by Gasteiger charge is -2.11. The molecular formula is C19H17N3O4S2. The summed E-state index contributed by atoms with van der Waals surface area (Å²) in [4.78, 5) is 41.6. The highest BCUT2D eigenvalue weighted by molar-refractivity contribution is 7.17. The number of nitrogens with one attached hydrogen (secondary N) is 1. The van der Waals surface area contributed by atoms with Gasteiger partial charge in [0, 0.05) is 4.88 Å². The van der Waals surface area contributed by atoms with E-state index in [-0.39, 0.29) is 0 Å². The van der Waals surface area contributed by atoms with Gasteiger partial charge in [-0.2, -0.15) is 0 Å². The number of hydrogen-bond donors (Lipinski definition) is 2. The van der Waals surface area contributed by atoms with Crippen LogP contribution in [-0.4, -0.2) is 29.4 Å². The summed E-state index contributed by atoms with van der Waals surface area (Å²) in [6.07, 6.45) is 3.72. The van der Waals surface area contributed by atoms with Crippen molar-refractivity contribution in [2.45, 2.75) is 25.7 Å². The number of benzene rings is 1. The minimum absolute atomic E-state index is 0.356. The molecule has 3 aromatic rings. The van der Waals surface area contributed by atoms with Crippen LogP contribution in [0.2, 0.25) is 0 Å². The van der Waals surface area contributed by atoms with Gasteiger partial charge >= 0.3 is 5.97 Å². The summed E-state index contributed by atoms with van der Waals surface area (Å²) in [6, 6.07) is 5.03. The molecule has 1 aliphatic carbocycles. The second-order valence-electron chi connectivity index (χ2n) is 6.44. The second-order valence-corrected chi connectivity index (χ2v) is 8.43. The summed E-state index contributed by atoms with van der Waals surface area (Å²) < 4.78 is 5.98. The number of primary amides is 1. The number of carbonyl (C=O) groups excluding carboxylic acids is 3. The number of thiazole rings is 1. The van der Waals surface area contributed by atoms with E-state index in [0.717, 1.165) is 46.3 Å². The highest BCUT2D eigenvalue weighted by Crippen LogP contribution is 2.37. The zero-order valence-electron chi connectivity index (χ0n) is 14.8. The van der Waals surface area contributed by atoms with E-state index in [0.29, 0.717) is 16.1 Å². The fourth-order valence-electron chi connectivity index (χ4n) is 3.27. The molecule has 0 spiro atoms. The van der Waals surface area contributed by atoms with Crippen LogP contribution in [0.4, 0.5) is 5.00 Å². The number of anilines is 1. The standard InChI is InChI=1S/C19H17N3O4S2/c20-17(24)16-11-3-1-2-4-13(11)28-18(16)22-15(23)8-26-19(25)10-5-6-12-14(7-10)27-9-21-12/h5-7,9H,1-4,8H2,(H2,20,24)(H,22,23). The van der Waals surface area contributed by atoms with Crippen molar-refractivity contribution in [3.05, 3.63) is 45.3 Å². The van der Waals surface area contributed by atoms with Gasteiger partial charge in [0.2, 0.25) is 0 Å². The molecule has 0 unspecified atom stereocenters. The number of nitrogens with zero attached hydrogens (tertiary/aromatic N) is 1. The first-order valence-electron chi connectivity index (χ1n) is 8.77. The number of nitrogens with two attached hydrogens (primary N) is 1. The summed E-state index contributed by atoms with van der Waals surface area (Å²) in [5, 5.41) is 3.11. The summed E-state index contributed by atoms with van der Waals surface area (Å²) in [5.41, 5.74) is 9.70. The number of carbonyl (C=O) groups is 3. The van der Waals surface area contributed by atoms with Crippen molar-refractivity contribution in [1.82, 2.24) is 4.98 Å². The molecule has 2 amide bonds. The largest absolute Gasteiger partial charge is 0.452 e. The van der Waals surface area contributed by atoms with Gasteiger partial charge in [-0.3, -0.25) is 9.59 Å². The van der Waals surface area contributed by atoms with E-state index in [9.17, 15) is 14.4 Å². The highest BCUT2D eigenvalue weighted by atomic mass is 32.1. The fraction of sp³-hybridized carbons (Fsp3) is 0.263. The molecule has 2 heterocycles. The normalized spacial score (nSPS) is 13.1. The van der Waals surface area contributed by atoms with Crippen LogP contribution < -0.4 is 11.1 Å². The van der Waals surface area contributed by atoms with Crippen LogP contribution in [0.5, 0.6) is 0 Å². The maximum atomic E-state index is 12.3. The summed E-state index contributed by atoms with van der Waals surface area (Å²) in [6.45, 7) is -0.444. The van der Waals surface area contributed by atoms with Crippen molar-refractivity contribution >= 4 is 55.7 Å². The fourth-order valence-corrected chi connectivity index (χ4v) is 5.30. The van der Waals surface area contributed by atoms with Gasteiger partial charge in [0.1, 0.15) is 5.00 Å². The van der Waals surface area contributed by atoms with Crippen LogP contribution >= 0.6 is 22.7 Å². The third-order valence-electron chi connectivity index (χ3n) is 4.57. The van der Waals surface area contributed by atoms with Gasteiger partial charge in [-0.15, -0.1) is 22.7 Å². The van der Waals surface area contributed by atoms with Crippen LogP contribution in [0.3, 0.4) is 0 Å². The molecule has 1 aliphatic rings. The Morgan fingerprint density at radius 2 is 2.04 bits per heavy atom. The lowest BCUT2D eigenvalue weighted by molar-refractivity contribution is -0.119. The first-order valence-corrected chi connectivity index (χ1v) is 10.5. The Labute approximate surface area is 168 Å². The van der Waals surface area contributed by atoms with Crippen LogP contribution in [-0.2, 0) is 22.4 Å². The number of hydrogen-bond acceptors (Lipinski definition) is 7. The van der Waals surface area contributed by atoms with Gasteiger partial charge in [-0.25, -0.2) is 9.78 Å². The Kier molecular flexibility index (Phi) is 5.10. The third-order valence-corrected chi connectivity index (χ3v) is 6.57. The molecule has 0 fully saturated rings. The molecule has 144 valence electrons. The third kappa shape index (κ3) is 3.63. The van der Waals surface area contributed by atoms with E-state index in [1.54, 1.807) is 23.7 Å². The second kappa shape index (κ2) is 7.69. The Balaban J connectivity index is 1.42. The minimum atomic E-state index is -0.592. The van der Waals surface area contributed by atoms with Gasteiger partial charge in [0.25, 0.3) is 11.8 Å². The maximum Gasteiger partial charge on any atom is 0.338 e. The molecule has 9 heteroatoms. The smallest absolute Gasteiger partial charge is 0.338 e. The molecule has 7 nitrogen and oxygen atoms in total. The molecule has 3 N–H and O–H groups in total. The number of rotatable bonds is 5. The van der Waals surface area contributed by atoms with E-state index in [1.165, 1.54) is 22.7 Å². The molecule has 0 bridgehead atoms. The van der Waals surface area contributed by atoms with Crippen molar-refractivity contribution in [2.24, 2.45) is 5.73 Å². The van der Waals surface area contributed by atoms with Crippen LogP contribution in [0.1, 0.15) is 44.0 Å². The molecular weight excluding hydrogens is 398 g/mol. The van der Waals surface area contributed by atoms with Crippen molar-refractivity contribution in [3.63, 3.8) is 0 Å². The van der Waals surface area contributed by atoms with Crippen molar-refractivity contribution in [1.29, 1.82) is 0 Å². The zero-order valence-corrected chi connectivity index (χ0v) is 16.5. The number of amides is 2. The molecule has 0 radical (unpaired) electrons. The first-order chi connectivity index (χ1) is 13.5. The Morgan fingerprint density at radius 3 is 2.86 bits per heavy atom. The van der Waals surface area contributed by atoms with Crippen LogP contribution in [0.25, 0.3) is 10.2 Å². The molecule has 1 aromatic carbocycles. The molecule has 0 atom stereocenters. The minimum Gasteiger partial charge on any atom is -0.452 e. The Morgan fingerprint density at radius 1 is 1.21 bits per heavy atom. The zero-order chi connectivity index (χ0) is 19.7. The van der Waals surface area contributed by atoms with Gasteiger partial charge in [0.05, 0.1) is 26.9 Å². The Hall–Kier alpha value is -2.78. The number of aromatic nitrogens is 1. The van der Waals surface area contributed by atoms with E-state index in [1.807, 2.05) is 0 Å². The van der Waals surface area contributed by atoms with Gasteiger partial charge in [-0.05, 0) is 49.4 Å². The van der Waals surface area contributed by atoms with Crippen LogP contribution in [0, 0.1) is 0 Å². The summed E-state index contributed by atoms with van der Waals surface area (Å²) >= 11 is 2.79. The molecule has 4 rings (SSSR count). The van der Waals surface area contributed by atoms with Gasteiger partial charge < -0.3 is 15.8 Å². The molecule has 2 aromatic heterocycles. The molecule has 0 saturated heterocycles. The number of thiophene rings is 1. The molecule has 0 aliphatic heterocycles. The number of ether oxygens (including phenoxy) is 1. The number of aryl methyl sites for hydroxylation is 1. The summed E-state index contributed by atoms with van der Waals surface area (Å²) in [7, 11) is 0. The SMILES string of the molecule is NC(=O)c1c(NC(=O)COC(=O)c2ccc3ncsc3c2)sc2c1CCCC2. The van der Waals surface area contributed by atoms with E-state index in [2.05, 4.69) is 10.3 Å². The Bertz CT molecular complexity index is 1090. The average Bonchev–Trinajstić information content (AvgIpc) is 3.29. The van der Waals surface area contributed by atoms with Crippen molar-refractivity contribution in [3.8, 4) is 0 Å². The molecule has 28 heavy (non-hydrogen) atoms. The highest BCUT2D eigenvalue weighted by Gasteiger charge is 2.25. The van der Waals surface area contributed by atoms with Gasteiger partial charge in [-0.1, -0.05) is 0 Å². The topological polar surface area (TPSA) is 111 Å². The average molecular weight is 415 g/mol. The van der Waals surface area contributed by atoms with Crippen molar-refractivity contribution in [2.75, 3.05) is 11.9 Å². The monoisotopic (exact) mass is 415 g/mol. The van der Waals surface area contributed by atoms with Gasteiger partial charge in [0.15, 0.2) is 6.61 Å². The predicted octanol–water partition coefficient (Wildman–Crippen LogP) is 3.13. The van der Waals surface area contributed by atoms with Crippen LogP contribution in [0.15, 0.2) is 23.7 Å². The van der Waals surface area contributed by atoms with E-state index >= 15 is 0 Å². The summed E-state index contributed by atoms with van der Waals surface area (Å²) in [5.74, 6) is -1.65. The number of fused-ring (bicyclic) bond motifs is 2. The predicted molar refractivity (Wildman–Crippen MR) is 108 cm³/mol. The van der Waals surface area contributed by atoms with E-state index < -0.39 is 24.4 Å². The van der Waals surface area contributed by atoms with Crippen molar-refractivity contribution < 1.29 is 19.1 Å². The molecule has 0 saturated carbocycles. The maximum absolute atomic E-state index is 12.3. The number of esters is 1. The first kappa shape index (κ1) is 18.6. The lowest BCUT2D eigenvalue weighted by atomic mass is 9.95. The quantitative estimate of drug-likeness (QED) is 0.622. The van der Waals surface area contributed by atoms with E-state index in [4.69, 9.17) is 10.5 Å².